The van der Waals surface area contributed by atoms with Gasteiger partial charge in [0.25, 0.3) is 0 Å². The lowest BCUT2D eigenvalue weighted by molar-refractivity contribution is -0.137. The fraction of sp³-hybridized carbons (Fsp3) is 0.938. The van der Waals surface area contributed by atoms with Crippen molar-refractivity contribution in [1.29, 1.82) is 0 Å². The number of esters is 1. The number of carbonyl (C=O) groups is 1. The van der Waals surface area contributed by atoms with Gasteiger partial charge in [-0.15, -0.1) is 0 Å². The molecule has 98 valence electrons. The summed E-state index contributed by atoms with van der Waals surface area (Å²) in [4.78, 5) is 11.6. The second-order valence-electron chi connectivity index (χ2n) is 8.03. The lowest BCUT2D eigenvalue weighted by atomic mass is 9.59. The summed E-state index contributed by atoms with van der Waals surface area (Å²) in [6, 6.07) is 0. The first-order valence-electron chi connectivity index (χ1n) is 7.83. The first kappa shape index (κ1) is 10.3. The van der Waals surface area contributed by atoms with Crippen molar-refractivity contribution in [2.75, 3.05) is 6.61 Å². The highest BCUT2D eigenvalue weighted by Gasteiger charge is 2.69. The number of hydrogen-bond donors (Lipinski definition) is 0. The standard InChI is InChI=1S/C16H22O2/c1-8-2-9-3-11(8)15-12-4-10(14(9)15)5-16(12)6-13(17)18-7-16/h8-12,14-15H,2-7H2,1H3/t8?,9?,10?,11?,12-,14?,15?,16?/m0/s1. The average Bonchev–Trinajstić information content (AvgIpc) is 3.04. The van der Waals surface area contributed by atoms with Crippen LogP contribution in [-0.2, 0) is 9.53 Å². The highest BCUT2D eigenvalue weighted by molar-refractivity contribution is 5.72. The van der Waals surface area contributed by atoms with Crippen LogP contribution in [0.25, 0.3) is 0 Å². The molecule has 4 aliphatic carbocycles. The van der Waals surface area contributed by atoms with E-state index in [1.54, 1.807) is 0 Å². The smallest absolute Gasteiger partial charge is 0.306 e. The number of rotatable bonds is 0. The summed E-state index contributed by atoms with van der Waals surface area (Å²) in [6.07, 6.45) is 6.48. The topological polar surface area (TPSA) is 26.3 Å². The highest BCUT2D eigenvalue weighted by Crippen LogP contribution is 2.74. The molecular weight excluding hydrogens is 224 g/mol. The van der Waals surface area contributed by atoms with E-state index in [0.717, 1.165) is 54.5 Å². The third kappa shape index (κ3) is 0.981. The van der Waals surface area contributed by atoms with E-state index in [-0.39, 0.29) is 11.4 Å². The Kier molecular flexibility index (Phi) is 1.69. The zero-order valence-corrected chi connectivity index (χ0v) is 11.1. The Balaban J connectivity index is 1.53. The maximum absolute atomic E-state index is 11.6. The van der Waals surface area contributed by atoms with Crippen LogP contribution in [0.15, 0.2) is 0 Å². The molecule has 2 heteroatoms. The van der Waals surface area contributed by atoms with Gasteiger partial charge in [0.2, 0.25) is 0 Å². The van der Waals surface area contributed by atoms with E-state index >= 15 is 0 Å². The largest absolute Gasteiger partial charge is 0.465 e. The van der Waals surface area contributed by atoms with Crippen LogP contribution in [-0.4, -0.2) is 12.6 Å². The van der Waals surface area contributed by atoms with Gasteiger partial charge in [-0.2, -0.15) is 0 Å². The van der Waals surface area contributed by atoms with Gasteiger partial charge in [-0.3, -0.25) is 4.79 Å². The molecule has 5 rings (SSSR count). The van der Waals surface area contributed by atoms with Crippen molar-refractivity contribution in [1.82, 2.24) is 0 Å². The molecule has 0 aromatic rings. The van der Waals surface area contributed by atoms with Gasteiger partial charge >= 0.3 is 5.97 Å². The molecule has 1 aliphatic heterocycles. The predicted molar refractivity (Wildman–Crippen MR) is 66.6 cm³/mol. The molecule has 1 heterocycles. The normalized spacial score (nSPS) is 63.8. The quantitative estimate of drug-likeness (QED) is 0.485. The Morgan fingerprint density at radius 3 is 2.83 bits per heavy atom. The summed E-state index contributed by atoms with van der Waals surface area (Å²) in [5, 5.41) is 0. The molecule has 2 nitrogen and oxygen atoms in total. The zero-order chi connectivity index (χ0) is 12.1. The fourth-order valence-electron chi connectivity index (χ4n) is 7.22. The molecule has 8 atom stereocenters. The molecule has 5 fully saturated rings. The van der Waals surface area contributed by atoms with Crippen LogP contribution in [0.2, 0.25) is 0 Å². The van der Waals surface area contributed by atoms with Crippen molar-refractivity contribution in [2.45, 2.75) is 39.0 Å². The highest BCUT2D eigenvalue weighted by atomic mass is 16.5. The van der Waals surface area contributed by atoms with Gasteiger partial charge in [-0.25, -0.2) is 0 Å². The van der Waals surface area contributed by atoms with Crippen LogP contribution in [0, 0.1) is 46.8 Å². The summed E-state index contributed by atoms with van der Waals surface area (Å²) in [6.45, 7) is 3.22. The number of fused-ring (bicyclic) bond motifs is 10. The maximum atomic E-state index is 11.6. The molecule has 5 aliphatic rings. The third-order valence-corrected chi connectivity index (χ3v) is 7.50. The van der Waals surface area contributed by atoms with Crippen molar-refractivity contribution < 1.29 is 9.53 Å². The zero-order valence-electron chi connectivity index (χ0n) is 11.1. The van der Waals surface area contributed by atoms with Crippen molar-refractivity contribution in [3.05, 3.63) is 0 Å². The van der Waals surface area contributed by atoms with E-state index in [4.69, 9.17) is 4.74 Å². The SMILES string of the molecule is CC1CC2CC1C1C2C2C[C@@H]1C1(COC(=O)C1)C2. The molecule has 4 saturated carbocycles. The maximum Gasteiger partial charge on any atom is 0.306 e. The van der Waals surface area contributed by atoms with E-state index in [9.17, 15) is 4.79 Å². The van der Waals surface area contributed by atoms with E-state index in [1.807, 2.05) is 0 Å². The van der Waals surface area contributed by atoms with Gasteiger partial charge < -0.3 is 4.74 Å². The van der Waals surface area contributed by atoms with E-state index in [1.165, 1.54) is 25.7 Å². The average molecular weight is 246 g/mol. The Morgan fingerprint density at radius 2 is 2.06 bits per heavy atom. The minimum atomic E-state index is 0.0790. The van der Waals surface area contributed by atoms with E-state index < -0.39 is 0 Å². The molecule has 0 radical (unpaired) electrons. The molecular formula is C16H22O2. The van der Waals surface area contributed by atoms with Crippen LogP contribution in [0.4, 0.5) is 0 Å². The van der Waals surface area contributed by atoms with Gasteiger partial charge in [0.15, 0.2) is 0 Å². The summed E-state index contributed by atoms with van der Waals surface area (Å²) in [5.74, 6) is 6.84. The second kappa shape index (κ2) is 2.96. The summed E-state index contributed by atoms with van der Waals surface area (Å²) >= 11 is 0. The van der Waals surface area contributed by atoms with E-state index in [0.29, 0.717) is 0 Å². The van der Waals surface area contributed by atoms with Gasteiger partial charge in [0.1, 0.15) is 0 Å². The Morgan fingerprint density at radius 1 is 1.17 bits per heavy atom. The Labute approximate surface area is 108 Å². The van der Waals surface area contributed by atoms with Gasteiger partial charge in [-0.05, 0) is 67.1 Å². The number of cyclic esters (lactones) is 1. The summed E-state index contributed by atoms with van der Waals surface area (Å²) in [5.41, 5.74) is 0.285. The van der Waals surface area contributed by atoms with Crippen LogP contribution >= 0.6 is 0 Å². The predicted octanol–water partition coefficient (Wildman–Crippen LogP) is 2.87. The van der Waals surface area contributed by atoms with Crippen molar-refractivity contribution in [3.63, 3.8) is 0 Å². The minimum Gasteiger partial charge on any atom is -0.465 e. The van der Waals surface area contributed by atoms with Crippen LogP contribution in [0.3, 0.4) is 0 Å². The monoisotopic (exact) mass is 246 g/mol. The summed E-state index contributed by atoms with van der Waals surface area (Å²) < 4.78 is 5.36. The van der Waals surface area contributed by atoms with Gasteiger partial charge in [0.05, 0.1) is 13.0 Å². The van der Waals surface area contributed by atoms with Crippen molar-refractivity contribution in [3.8, 4) is 0 Å². The first-order valence-corrected chi connectivity index (χ1v) is 7.83. The molecule has 0 amide bonds. The van der Waals surface area contributed by atoms with Crippen LogP contribution < -0.4 is 0 Å². The Bertz CT molecular complexity index is 431. The van der Waals surface area contributed by atoms with Crippen LogP contribution in [0.5, 0.6) is 0 Å². The number of carbonyl (C=O) groups excluding carboxylic acids is 1. The number of ether oxygens (including phenoxy) is 1. The second-order valence-corrected chi connectivity index (χ2v) is 8.03. The van der Waals surface area contributed by atoms with Gasteiger partial charge in [0, 0.05) is 5.41 Å². The Hall–Kier alpha value is -0.530. The molecule has 1 spiro atoms. The molecule has 7 unspecified atom stereocenters. The molecule has 0 aromatic carbocycles. The van der Waals surface area contributed by atoms with Crippen LogP contribution in [0.1, 0.15) is 39.0 Å². The first-order chi connectivity index (χ1) is 8.68. The third-order valence-electron chi connectivity index (χ3n) is 7.50. The fourth-order valence-corrected chi connectivity index (χ4v) is 7.22. The molecule has 18 heavy (non-hydrogen) atoms. The lowest BCUT2D eigenvalue weighted by Gasteiger charge is -2.44. The molecule has 0 N–H and O–H groups in total. The molecule has 4 bridgehead atoms. The number of hydrogen-bond acceptors (Lipinski definition) is 2. The molecule has 1 saturated heterocycles. The van der Waals surface area contributed by atoms with Crippen molar-refractivity contribution in [2.24, 2.45) is 46.8 Å². The lowest BCUT2D eigenvalue weighted by Crippen LogP contribution is -2.41. The van der Waals surface area contributed by atoms with Gasteiger partial charge in [-0.1, -0.05) is 6.92 Å². The van der Waals surface area contributed by atoms with Crippen molar-refractivity contribution >= 4 is 5.97 Å². The minimum absolute atomic E-state index is 0.0790. The van der Waals surface area contributed by atoms with E-state index in [2.05, 4.69) is 6.92 Å². The molecule has 0 aromatic heterocycles. The summed E-state index contributed by atoms with van der Waals surface area (Å²) in [7, 11) is 0.